The molecule has 1 aliphatic carbocycles. The molecule has 7 nitrogen and oxygen atoms in total. The molecule has 0 radical (unpaired) electrons. The number of carbonyl (C=O) groups excluding carboxylic acids is 1. The van der Waals surface area contributed by atoms with E-state index in [4.69, 9.17) is 28.2 Å². The zero-order chi connectivity index (χ0) is 26.6. The van der Waals surface area contributed by atoms with Gasteiger partial charge >= 0.3 is 0 Å². The Morgan fingerprint density at radius 1 is 1.13 bits per heavy atom. The highest BCUT2D eigenvalue weighted by molar-refractivity contribution is 6.39. The number of amides is 1. The largest absolute Gasteiger partial charge is 0.348 e. The van der Waals surface area contributed by atoms with Gasteiger partial charge in [0.1, 0.15) is 0 Å². The van der Waals surface area contributed by atoms with Crippen LogP contribution < -0.4 is 5.32 Å². The van der Waals surface area contributed by atoms with E-state index < -0.39 is 0 Å². The molecule has 1 amide bonds. The lowest BCUT2D eigenvalue weighted by atomic mass is 9.89. The molecule has 0 saturated heterocycles. The molecule has 2 N–H and O–H groups in total. The molecular formula is C29H30Cl2N6O. The number of benzene rings is 1. The second kappa shape index (κ2) is 11.6. The number of halogens is 2. The van der Waals surface area contributed by atoms with E-state index in [-0.39, 0.29) is 33.6 Å². The van der Waals surface area contributed by atoms with Crippen LogP contribution in [0.3, 0.4) is 0 Å². The van der Waals surface area contributed by atoms with Crippen LogP contribution in [0.5, 0.6) is 0 Å². The van der Waals surface area contributed by atoms with Gasteiger partial charge in [-0.25, -0.2) is 4.98 Å². The standard InChI is InChI=1S/C29H30Cl2N6O/c1-18-27(36-17-35-18)19(2)37(25-7-3-5-22-6-4-12-33-28(22)25)16-21-10-8-20(9-11-21)13-34-29(38)26-23(30)14-32-15-24(26)31/h4,6,8-12,14-15,17,19,25H,3,5,7,13,16H2,1-2H3,(H,34,38)(H,35,36). The molecule has 0 saturated carbocycles. The molecule has 9 heteroatoms. The number of nitrogens with one attached hydrogen (secondary N) is 2. The molecule has 5 rings (SSSR count). The van der Waals surface area contributed by atoms with Crippen molar-refractivity contribution in [3.63, 3.8) is 0 Å². The third-order valence-electron chi connectivity index (χ3n) is 7.25. The van der Waals surface area contributed by atoms with Gasteiger partial charge in [0.15, 0.2) is 0 Å². The molecule has 3 heterocycles. The van der Waals surface area contributed by atoms with E-state index in [9.17, 15) is 4.79 Å². The van der Waals surface area contributed by atoms with Crippen LogP contribution in [0.15, 0.2) is 61.3 Å². The molecule has 1 aromatic carbocycles. The lowest BCUT2D eigenvalue weighted by Gasteiger charge is -2.38. The van der Waals surface area contributed by atoms with Gasteiger partial charge in [-0.1, -0.05) is 53.5 Å². The summed E-state index contributed by atoms with van der Waals surface area (Å²) in [5.74, 6) is -0.329. The molecule has 38 heavy (non-hydrogen) atoms. The predicted octanol–water partition coefficient (Wildman–Crippen LogP) is 6.39. The van der Waals surface area contributed by atoms with E-state index in [1.807, 2.05) is 24.4 Å². The van der Waals surface area contributed by atoms with Crippen LogP contribution in [0.4, 0.5) is 0 Å². The van der Waals surface area contributed by atoms with Gasteiger partial charge in [0, 0.05) is 37.4 Å². The Labute approximate surface area is 232 Å². The molecule has 0 fully saturated rings. The molecular weight excluding hydrogens is 519 g/mol. The summed E-state index contributed by atoms with van der Waals surface area (Å²) in [5, 5.41) is 3.35. The van der Waals surface area contributed by atoms with Gasteiger partial charge in [-0.3, -0.25) is 19.7 Å². The van der Waals surface area contributed by atoms with Crippen LogP contribution in [0, 0.1) is 6.92 Å². The molecule has 0 bridgehead atoms. The van der Waals surface area contributed by atoms with E-state index in [0.29, 0.717) is 6.54 Å². The zero-order valence-electron chi connectivity index (χ0n) is 21.4. The Balaban J connectivity index is 1.34. The highest BCUT2D eigenvalue weighted by Gasteiger charge is 2.32. The number of hydrogen-bond donors (Lipinski definition) is 2. The molecule has 196 valence electrons. The summed E-state index contributed by atoms with van der Waals surface area (Å²) in [5.41, 5.74) is 7.05. The first-order chi connectivity index (χ1) is 18.4. The fraction of sp³-hybridized carbons (Fsp3) is 0.310. The van der Waals surface area contributed by atoms with Crippen molar-refractivity contribution in [3.8, 4) is 0 Å². The summed E-state index contributed by atoms with van der Waals surface area (Å²) >= 11 is 12.2. The summed E-state index contributed by atoms with van der Waals surface area (Å²) in [7, 11) is 0. The highest BCUT2D eigenvalue weighted by Crippen LogP contribution is 2.39. The molecule has 2 unspecified atom stereocenters. The Kier molecular flexibility index (Phi) is 8.07. The SMILES string of the molecule is Cc1[nH]cnc1C(C)N(Cc1ccc(CNC(=O)c2c(Cl)cncc2Cl)cc1)C1CCCc2cccnc21. The van der Waals surface area contributed by atoms with Gasteiger partial charge in [-0.2, -0.15) is 0 Å². The average molecular weight is 550 g/mol. The molecule has 0 aliphatic heterocycles. The van der Waals surface area contributed by atoms with Crippen LogP contribution in [0.1, 0.15) is 76.0 Å². The van der Waals surface area contributed by atoms with E-state index in [1.54, 1.807) is 6.33 Å². The molecule has 1 aliphatic rings. The fourth-order valence-electron chi connectivity index (χ4n) is 5.24. The van der Waals surface area contributed by atoms with Crippen molar-refractivity contribution in [2.75, 3.05) is 0 Å². The van der Waals surface area contributed by atoms with Crippen molar-refractivity contribution < 1.29 is 4.79 Å². The summed E-state index contributed by atoms with van der Waals surface area (Å²) in [6.07, 6.45) is 9.75. The van der Waals surface area contributed by atoms with Crippen molar-refractivity contribution in [2.45, 2.75) is 58.3 Å². The average Bonchev–Trinajstić information content (AvgIpc) is 3.36. The summed E-state index contributed by atoms with van der Waals surface area (Å²) in [6, 6.07) is 12.9. The fourth-order valence-corrected chi connectivity index (χ4v) is 5.78. The Hall–Kier alpha value is -3.26. The van der Waals surface area contributed by atoms with Crippen molar-refractivity contribution in [1.82, 2.24) is 30.2 Å². The van der Waals surface area contributed by atoms with E-state index >= 15 is 0 Å². The maximum atomic E-state index is 12.6. The molecule has 4 aromatic rings. The number of H-pyrrole nitrogens is 1. The monoisotopic (exact) mass is 548 g/mol. The van der Waals surface area contributed by atoms with Gasteiger partial charge in [0.25, 0.3) is 5.91 Å². The van der Waals surface area contributed by atoms with Crippen molar-refractivity contribution in [2.24, 2.45) is 0 Å². The van der Waals surface area contributed by atoms with Gasteiger partial charge in [-0.05, 0) is 55.9 Å². The van der Waals surface area contributed by atoms with Gasteiger partial charge in [0.2, 0.25) is 0 Å². The van der Waals surface area contributed by atoms with Crippen LogP contribution in [-0.2, 0) is 19.5 Å². The quantitative estimate of drug-likeness (QED) is 0.266. The van der Waals surface area contributed by atoms with Crippen LogP contribution in [-0.4, -0.2) is 30.7 Å². The number of fused-ring (bicyclic) bond motifs is 1. The number of carbonyl (C=O) groups is 1. The molecule has 2 atom stereocenters. The normalized spacial score (nSPS) is 15.8. The van der Waals surface area contributed by atoms with Gasteiger partial charge in [0.05, 0.1) is 45.4 Å². The van der Waals surface area contributed by atoms with Gasteiger partial charge < -0.3 is 10.3 Å². The topological polar surface area (TPSA) is 86.8 Å². The van der Waals surface area contributed by atoms with Crippen LogP contribution in [0.2, 0.25) is 10.0 Å². The predicted molar refractivity (Wildman–Crippen MR) is 149 cm³/mol. The maximum absolute atomic E-state index is 12.6. The number of pyridine rings is 2. The number of imidazole rings is 1. The van der Waals surface area contributed by atoms with Crippen molar-refractivity contribution >= 4 is 29.1 Å². The Morgan fingerprint density at radius 3 is 2.58 bits per heavy atom. The minimum atomic E-state index is -0.329. The first kappa shape index (κ1) is 26.4. The number of aromatic nitrogens is 4. The van der Waals surface area contributed by atoms with Gasteiger partial charge in [-0.15, -0.1) is 0 Å². The lowest BCUT2D eigenvalue weighted by Crippen LogP contribution is -2.34. The van der Waals surface area contributed by atoms with E-state index in [0.717, 1.165) is 42.8 Å². The maximum Gasteiger partial charge on any atom is 0.254 e. The van der Waals surface area contributed by atoms with Crippen LogP contribution >= 0.6 is 23.2 Å². The molecule has 3 aromatic heterocycles. The number of rotatable bonds is 8. The number of aryl methyl sites for hydroxylation is 2. The smallest absolute Gasteiger partial charge is 0.254 e. The third-order valence-corrected chi connectivity index (χ3v) is 7.82. The third kappa shape index (κ3) is 5.60. The molecule has 0 spiro atoms. The Bertz CT molecular complexity index is 1400. The second-order valence-corrected chi connectivity index (χ2v) is 10.5. The number of hydrogen-bond acceptors (Lipinski definition) is 5. The lowest BCUT2D eigenvalue weighted by molar-refractivity contribution is 0.0951. The summed E-state index contributed by atoms with van der Waals surface area (Å²) < 4.78 is 0. The summed E-state index contributed by atoms with van der Waals surface area (Å²) in [6.45, 7) is 5.41. The summed E-state index contributed by atoms with van der Waals surface area (Å²) in [4.78, 5) is 31.7. The van der Waals surface area contributed by atoms with Crippen molar-refractivity contribution in [3.05, 3.63) is 111 Å². The zero-order valence-corrected chi connectivity index (χ0v) is 22.9. The van der Waals surface area contributed by atoms with Crippen LogP contribution in [0.25, 0.3) is 0 Å². The first-order valence-electron chi connectivity index (χ1n) is 12.8. The van der Waals surface area contributed by atoms with E-state index in [1.165, 1.54) is 29.2 Å². The van der Waals surface area contributed by atoms with E-state index in [2.05, 4.69) is 57.2 Å². The number of nitrogens with zero attached hydrogens (tertiary/aromatic N) is 4. The minimum Gasteiger partial charge on any atom is -0.348 e. The number of aromatic amines is 1. The Morgan fingerprint density at radius 2 is 1.87 bits per heavy atom. The minimum absolute atomic E-state index is 0.105. The second-order valence-electron chi connectivity index (χ2n) is 9.69. The first-order valence-corrected chi connectivity index (χ1v) is 13.5. The van der Waals surface area contributed by atoms with Crippen molar-refractivity contribution in [1.29, 1.82) is 0 Å². The highest BCUT2D eigenvalue weighted by atomic mass is 35.5.